The molecule has 2 unspecified atom stereocenters. The molecule has 0 aromatic carbocycles. The molecular weight excluding hydrogens is 250 g/mol. The first-order chi connectivity index (χ1) is 8.62. The van der Waals surface area contributed by atoms with E-state index in [1.807, 2.05) is 0 Å². The van der Waals surface area contributed by atoms with Crippen molar-refractivity contribution >= 4 is 12.1 Å². The number of carboxylic acids is 1. The summed E-state index contributed by atoms with van der Waals surface area (Å²) in [4.78, 5) is 24.9. The number of hydrogen-bond acceptors (Lipinski definition) is 4. The van der Waals surface area contributed by atoms with E-state index in [9.17, 15) is 19.8 Å². The zero-order valence-corrected chi connectivity index (χ0v) is 12.0. The third-order valence-electron chi connectivity index (χ3n) is 3.31. The number of aliphatic carboxylic acids is 1. The molecule has 1 aliphatic carbocycles. The minimum atomic E-state index is -1.35. The highest BCUT2D eigenvalue weighted by Gasteiger charge is 2.52. The molecule has 2 N–H and O–H groups in total. The van der Waals surface area contributed by atoms with Gasteiger partial charge in [-0.15, -0.1) is 0 Å². The zero-order valence-electron chi connectivity index (χ0n) is 12.0. The second kappa shape index (κ2) is 5.36. The van der Waals surface area contributed by atoms with E-state index < -0.39 is 29.3 Å². The number of hydrogen-bond donors (Lipinski definition) is 2. The van der Waals surface area contributed by atoms with Gasteiger partial charge in [0.15, 0.2) is 0 Å². The van der Waals surface area contributed by atoms with Crippen molar-refractivity contribution in [3.63, 3.8) is 0 Å². The van der Waals surface area contributed by atoms with E-state index >= 15 is 0 Å². The molecule has 6 nitrogen and oxygen atoms in total. The van der Waals surface area contributed by atoms with Gasteiger partial charge in [-0.05, 0) is 40.5 Å². The number of ether oxygens (including phenoxy) is 1. The Kier molecular flexibility index (Phi) is 4.45. The molecule has 0 aromatic rings. The van der Waals surface area contributed by atoms with Crippen LogP contribution in [0.3, 0.4) is 0 Å². The molecule has 0 aromatic heterocycles. The largest absolute Gasteiger partial charge is 0.479 e. The molecule has 0 radical (unpaired) electrons. The van der Waals surface area contributed by atoms with Crippen molar-refractivity contribution < 1.29 is 24.5 Å². The number of carbonyl (C=O) groups is 2. The van der Waals surface area contributed by atoms with Crippen LogP contribution in [0.15, 0.2) is 0 Å². The van der Waals surface area contributed by atoms with Crippen molar-refractivity contribution in [2.45, 2.75) is 64.2 Å². The van der Waals surface area contributed by atoms with Crippen LogP contribution in [-0.2, 0) is 9.53 Å². The lowest BCUT2D eigenvalue weighted by molar-refractivity contribution is -0.151. The van der Waals surface area contributed by atoms with Gasteiger partial charge in [0.25, 0.3) is 0 Å². The topological polar surface area (TPSA) is 87.1 Å². The van der Waals surface area contributed by atoms with Crippen LogP contribution >= 0.6 is 0 Å². The highest BCUT2D eigenvalue weighted by Crippen LogP contribution is 2.36. The van der Waals surface area contributed by atoms with Gasteiger partial charge in [0.2, 0.25) is 0 Å². The van der Waals surface area contributed by atoms with Crippen LogP contribution in [0.25, 0.3) is 0 Å². The summed E-state index contributed by atoms with van der Waals surface area (Å²) in [6.45, 7) is 7.13. The Morgan fingerprint density at radius 1 is 1.42 bits per heavy atom. The number of carbonyl (C=O) groups excluding carboxylic acids is 1. The van der Waals surface area contributed by atoms with Gasteiger partial charge in [0.05, 0.1) is 6.10 Å². The van der Waals surface area contributed by atoms with Crippen molar-refractivity contribution in [3.8, 4) is 0 Å². The van der Waals surface area contributed by atoms with Crippen molar-refractivity contribution in [3.05, 3.63) is 0 Å². The number of rotatable bonds is 3. The van der Waals surface area contributed by atoms with E-state index in [0.717, 1.165) is 0 Å². The van der Waals surface area contributed by atoms with Gasteiger partial charge < -0.3 is 14.9 Å². The Hall–Kier alpha value is -1.30. The predicted molar refractivity (Wildman–Crippen MR) is 68.8 cm³/mol. The standard InChI is InChI=1S/C13H23NO5/c1-5-14(11(18)19-12(2,3)4)13(10(16)17)7-6-9(15)8-13/h9,15H,5-8H2,1-4H3,(H,16,17). The molecule has 6 heteroatoms. The lowest BCUT2D eigenvalue weighted by Crippen LogP contribution is -2.56. The van der Waals surface area contributed by atoms with Gasteiger partial charge in [0.1, 0.15) is 11.1 Å². The first kappa shape index (κ1) is 15.8. The molecule has 1 aliphatic rings. The molecule has 0 heterocycles. The molecule has 0 bridgehead atoms. The first-order valence-electron chi connectivity index (χ1n) is 6.54. The quantitative estimate of drug-likeness (QED) is 0.815. The summed E-state index contributed by atoms with van der Waals surface area (Å²) in [5.41, 5.74) is -2.03. The van der Waals surface area contributed by atoms with Crippen LogP contribution in [0.4, 0.5) is 4.79 Å². The number of nitrogens with zero attached hydrogens (tertiary/aromatic N) is 1. The van der Waals surface area contributed by atoms with Gasteiger partial charge in [-0.2, -0.15) is 0 Å². The molecule has 1 amide bonds. The SMILES string of the molecule is CCN(C(=O)OC(C)(C)C)C1(C(=O)O)CCC(O)C1. The van der Waals surface area contributed by atoms with E-state index in [2.05, 4.69) is 0 Å². The molecule has 0 spiro atoms. The van der Waals surface area contributed by atoms with Crippen LogP contribution < -0.4 is 0 Å². The number of amides is 1. The Morgan fingerprint density at radius 2 is 2.00 bits per heavy atom. The summed E-state index contributed by atoms with van der Waals surface area (Å²) in [7, 11) is 0. The van der Waals surface area contributed by atoms with Gasteiger partial charge >= 0.3 is 12.1 Å². The second-order valence-electron chi connectivity index (χ2n) is 5.96. The lowest BCUT2D eigenvalue weighted by atomic mass is 9.95. The Labute approximate surface area is 113 Å². The Bertz CT molecular complexity index is 363. The summed E-state index contributed by atoms with van der Waals surface area (Å²) in [6, 6.07) is 0. The average Bonchev–Trinajstić information content (AvgIpc) is 2.60. The molecular formula is C13H23NO5. The molecule has 0 aliphatic heterocycles. The van der Waals surface area contributed by atoms with Crippen LogP contribution in [0.5, 0.6) is 0 Å². The number of carboxylic acid groups (broad SMARTS) is 1. The monoisotopic (exact) mass is 273 g/mol. The summed E-state index contributed by atoms with van der Waals surface area (Å²) in [5, 5.41) is 19.1. The van der Waals surface area contributed by atoms with Crippen LogP contribution in [-0.4, -0.2) is 51.0 Å². The minimum absolute atomic E-state index is 0.0510. The third kappa shape index (κ3) is 3.37. The summed E-state index contributed by atoms with van der Waals surface area (Å²) < 4.78 is 5.26. The first-order valence-corrected chi connectivity index (χ1v) is 6.54. The fraction of sp³-hybridized carbons (Fsp3) is 0.846. The minimum Gasteiger partial charge on any atom is -0.479 e. The van der Waals surface area contributed by atoms with Crippen molar-refractivity contribution in [1.29, 1.82) is 0 Å². The fourth-order valence-corrected chi connectivity index (χ4v) is 2.48. The van der Waals surface area contributed by atoms with E-state index in [1.165, 1.54) is 4.90 Å². The van der Waals surface area contributed by atoms with Gasteiger partial charge in [-0.25, -0.2) is 9.59 Å². The Balaban J connectivity index is 2.99. The normalized spacial score (nSPS) is 27.1. The fourth-order valence-electron chi connectivity index (χ4n) is 2.48. The van der Waals surface area contributed by atoms with Crippen molar-refractivity contribution in [1.82, 2.24) is 4.90 Å². The molecule has 1 saturated carbocycles. The van der Waals surface area contributed by atoms with E-state index in [4.69, 9.17) is 4.74 Å². The highest BCUT2D eigenvalue weighted by atomic mass is 16.6. The maximum Gasteiger partial charge on any atom is 0.411 e. The molecule has 1 rings (SSSR count). The van der Waals surface area contributed by atoms with E-state index in [1.54, 1.807) is 27.7 Å². The van der Waals surface area contributed by atoms with Gasteiger partial charge in [-0.1, -0.05) is 0 Å². The second-order valence-corrected chi connectivity index (χ2v) is 5.96. The smallest absolute Gasteiger partial charge is 0.411 e. The van der Waals surface area contributed by atoms with E-state index in [0.29, 0.717) is 6.42 Å². The van der Waals surface area contributed by atoms with Crippen LogP contribution in [0.2, 0.25) is 0 Å². The maximum atomic E-state index is 12.2. The average molecular weight is 273 g/mol. The number of likely N-dealkylation sites (N-methyl/N-ethyl adjacent to an activating group) is 1. The van der Waals surface area contributed by atoms with Crippen LogP contribution in [0, 0.1) is 0 Å². The lowest BCUT2D eigenvalue weighted by Gasteiger charge is -2.37. The maximum absolute atomic E-state index is 12.2. The zero-order chi connectivity index (χ0) is 14.8. The molecule has 1 fully saturated rings. The van der Waals surface area contributed by atoms with Crippen molar-refractivity contribution in [2.75, 3.05) is 6.54 Å². The molecule has 2 atom stereocenters. The third-order valence-corrected chi connectivity index (χ3v) is 3.31. The van der Waals surface area contributed by atoms with Gasteiger partial charge in [0, 0.05) is 13.0 Å². The molecule has 110 valence electrons. The summed E-state index contributed by atoms with van der Waals surface area (Å²) in [6.07, 6.45) is -0.656. The summed E-state index contributed by atoms with van der Waals surface area (Å²) >= 11 is 0. The summed E-state index contributed by atoms with van der Waals surface area (Å²) in [5.74, 6) is -1.09. The number of aliphatic hydroxyl groups excluding tert-OH is 1. The van der Waals surface area contributed by atoms with Crippen molar-refractivity contribution in [2.24, 2.45) is 0 Å². The highest BCUT2D eigenvalue weighted by molar-refractivity contribution is 5.85. The van der Waals surface area contributed by atoms with Gasteiger partial charge in [-0.3, -0.25) is 4.90 Å². The predicted octanol–water partition coefficient (Wildman–Crippen LogP) is 1.61. The van der Waals surface area contributed by atoms with E-state index in [-0.39, 0.29) is 19.4 Å². The Morgan fingerprint density at radius 3 is 2.32 bits per heavy atom. The number of aliphatic hydroxyl groups is 1. The van der Waals surface area contributed by atoms with Crippen LogP contribution in [0.1, 0.15) is 47.0 Å². The molecule has 19 heavy (non-hydrogen) atoms. The molecule has 0 saturated heterocycles.